The number of guanidine groups is 1. The van der Waals surface area contributed by atoms with Crippen LogP contribution >= 0.6 is 0 Å². The second kappa shape index (κ2) is 6.25. The summed E-state index contributed by atoms with van der Waals surface area (Å²) in [6.45, 7) is 1.42. The first-order valence-electron chi connectivity index (χ1n) is 8.84. The first-order valence-corrected chi connectivity index (χ1v) is 8.84. The van der Waals surface area contributed by atoms with Crippen LogP contribution < -0.4 is 5.32 Å². The molecule has 2 aliphatic heterocycles. The second-order valence-electron chi connectivity index (χ2n) is 6.40. The lowest BCUT2D eigenvalue weighted by atomic mass is 10.1. The summed E-state index contributed by atoms with van der Waals surface area (Å²) in [7, 11) is 0. The fourth-order valence-corrected chi connectivity index (χ4v) is 3.38. The largest absolute Gasteiger partial charge is 0.324 e. The lowest BCUT2D eigenvalue weighted by molar-refractivity contribution is 0.0974. The highest BCUT2D eigenvalue weighted by Gasteiger charge is 2.30. The number of para-hydroxylation sites is 1. The fraction of sp³-hybridized carbons (Fsp3) is 0.0952. The van der Waals surface area contributed by atoms with Crippen molar-refractivity contribution in [3.8, 4) is 5.69 Å². The molecule has 0 saturated heterocycles. The monoisotopic (exact) mass is 355 g/mol. The third kappa shape index (κ3) is 2.71. The van der Waals surface area contributed by atoms with E-state index in [4.69, 9.17) is 0 Å². The van der Waals surface area contributed by atoms with Crippen LogP contribution in [-0.2, 0) is 0 Å². The van der Waals surface area contributed by atoms with Gasteiger partial charge in [0.1, 0.15) is 5.84 Å². The molecule has 6 nitrogen and oxygen atoms in total. The normalized spacial score (nSPS) is 14.9. The molecular weight excluding hydrogens is 338 g/mol. The molecule has 1 N–H and O–H groups in total. The Labute approximate surface area is 156 Å². The van der Waals surface area contributed by atoms with Crippen molar-refractivity contribution in [2.24, 2.45) is 9.98 Å². The average Bonchev–Trinajstić information content (AvgIpc) is 3.40. The maximum atomic E-state index is 12.7. The van der Waals surface area contributed by atoms with Gasteiger partial charge in [0.2, 0.25) is 5.96 Å². The summed E-state index contributed by atoms with van der Waals surface area (Å²) in [5.74, 6) is 1.22. The SMILES string of the molecule is O=C(NC1=Nc2ccccc2C2=NCCN12)c1ccc(-n2cccc2)cc1. The van der Waals surface area contributed by atoms with Gasteiger partial charge in [-0.3, -0.25) is 20.0 Å². The molecule has 0 atom stereocenters. The van der Waals surface area contributed by atoms with Gasteiger partial charge in [0, 0.05) is 35.8 Å². The van der Waals surface area contributed by atoms with Gasteiger partial charge < -0.3 is 4.57 Å². The van der Waals surface area contributed by atoms with Crippen LogP contribution in [0.4, 0.5) is 5.69 Å². The van der Waals surface area contributed by atoms with Crippen molar-refractivity contribution in [2.75, 3.05) is 13.1 Å². The summed E-state index contributed by atoms with van der Waals surface area (Å²) in [4.78, 5) is 23.9. The van der Waals surface area contributed by atoms with Gasteiger partial charge in [0.15, 0.2) is 0 Å². The summed E-state index contributed by atoms with van der Waals surface area (Å²) >= 11 is 0. The minimum Gasteiger partial charge on any atom is -0.324 e. The van der Waals surface area contributed by atoms with Crippen LogP contribution in [0, 0.1) is 0 Å². The van der Waals surface area contributed by atoms with E-state index in [0.29, 0.717) is 18.1 Å². The van der Waals surface area contributed by atoms with Crippen LogP contribution in [0.25, 0.3) is 5.69 Å². The second-order valence-corrected chi connectivity index (χ2v) is 6.40. The standard InChI is InChI=1S/C21H17N5O/c27-20(15-7-9-16(10-8-15)25-12-3-4-13-25)24-21-23-18-6-2-1-5-17(18)19-22-11-14-26(19)21/h1-10,12-13H,11,14H2,(H,23,24,27). The van der Waals surface area contributed by atoms with E-state index < -0.39 is 0 Å². The molecule has 2 aromatic carbocycles. The molecule has 27 heavy (non-hydrogen) atoms. The zero-order valence-corrected chi connectivity index (χ0v) is 14.5. The van der Waals surface area contributed by atoms with E-state index in [1.54, 1.807) is 0 Å². The van der Waals surface area contributed by atoms with Crippen molar-refractivity contribution in [1.82, 2.24) is 14.8 Å². The number of aliphatic imine (C=N–C) groups is 2. The Kier molecular flexibility index (Phi) is 3.60. The Morgan fingerprint density at radius 1 is 0.963 bits per heavy atom. The van der Waals surface area contributed by atoms with Crippen molar-refractivity contribution in [1.29, 1.82) is 0 Å². The van der Waals surface area contributed by atoms with Gasteiger partial charge >= 0.3 is 0 Å². The number of benzene rings is 2. The number of amidine groups is 1. The van der Waals surface area contributed by atoms with E-state index in [-0.39, 0.29) is 5.91 Å². The molecule has 3 aromatic rings. The van der Waals surface area contributed by atoms with Gasteiger partial charge in [-0.05, 0) is 48.5 Å². The molecule has 2 aliphatic rings. The molecule has 6 heteroatoms. The predicted molar refractivity (Wildman–Crippen MR) is 105 cm³/mol. The molecule has 3 heterocycles. The van der Waals surface area contributed by atoms with E-state index in [0.717, 1.165) is 29.3 Å². The van der Waals surface area contributed by atoms with Gasteiger partial charge in [-0.15, -0.1) is 0 Å². The maximum Gasteiger partial charge on any atom is 0.257 e. The highest BCUT2D eigenvalue weighted by Crippen LogP contribution is 2.27. The van der Waals surface area contributed by atoms with Gasteiger partial charge in [-0.1, -0.05) is 12.1 Å². The summed E-state index contributed by atoms with van der Waals surface area (Å²) in [5, 5.41) is 2.95. The first kappa shape index (κ1) is 15.6. The molecule has 0 bridgehead atoms. The molecule has 0 radical (unpaired) electrons. The number of carbonyl (C=O) groups excluding carboxylic acids is 1. The van der Waals surface area contributed by atoms with Crippen LogP contribution in [0.5, 0.6) is 0 Å². The van der Waals surface area contributed by atoms with Crippen molar-refractivity contribution < 1.29 is 4.79 Å². The van der Waals surface area contributed by atoms with Crippen LogP contribution in [0.1, 0.15) is 15.9 Å². The molecule has 0 saturated carbocycles. The topological polar surface area (TPSA) is 62.0 Å². The van der Waals surface area contributed by atoms with E-state index >= 15 is 0 Å². The molecule has 0 spiro atoms. The quantitative estimate of drug-likeness (QED) is 0.768. The maximum absolute atomic E-state index is 12.7. The number of hydrogen-bond acceptors (Lipinski definition) is 4. The lowest BCUT2D eigenvalue weighted by Gasteiger charge is -2.27. The van der Waals surface area contributed by atoms with Crippen LogP contribution in [-0.4, -0.2) is 40.3 Å². The van der Waals surface area contributed by atoms with Crippen molar-refractivity contribution >= 4 is 23.4 Å². The number of aromatic nitrogens is 1. The molecular formula is C21H17N5O. The van der Waals surface area contributed by atoms with Crippen LogP contribution in [0.2, 0.25) is 0 Å². The Morgan fingerprint density at radius 2 is 1.74 bits per heavy atom. The Morgan fingerprint density at radius 3 is 2.56 bits per heavy atom. The third-order valence-electron chi connectivity index (χ3n) is 4.73. The third-order valence-corrected chi connectivity index (χ3v) is 4.73. The Hall–Kier alpha value is -3.67. The summed E-state index contributed by atoms with van der Waals surface area (Å²) in [6, 6.07) is 19.3. The predicted octanol–water partition coefficient (Wildman–Crippen LogP) is 2.97. The Balaban J connectivity index is 1.41. The molecule has 0 unspecified atom stereocenters. The van der Waals surface area contributed by atoms with E-state index in [1.165, 1.54) is 0 Å². The number of hydrogen-bond donors (Lipinski definition) is 1. The van der Waals surface area contributed by atoms with Crippen LogP contribution in [0.15, 0.2) is 83.0 Å². The van der Waals surface area contributed by atoms with Gasteiger partial charge in [-0.2, -0.15) is 0 Å². The average molecular weight is 355 g/mol. The van der Waals surface area contributed by atoms with Crippen molar-refractivity contribution in [3.63, 3.8) is 0 Å². The molecule has 1 amide bonds. The molecule has 0 aliphatic carbocycles. The van der Waals surface area contributed by atoms with Gasteiger partial charge in [-0.25, -0.2) is 4.99 Å². The summed E-state index contributed by atoms with van der Waals surface area (Å²) in [6.07, 6.45) is 3.94. The highest BCUT2D eigenvalue weighted by atomic mass is 16.1. The number of rotatable bonds is 2. The van der Waals surface area contributed by atoms with Crippen molar-refractivity contribution in [3.05, 3.63) is 84.2 Å². The zero-order chi connectivity index (χ0) is 18.2. The van der Waals surface area contributed by atoms with E-state index in [9.17, 15) is 4.79 Å². The molecule has 1 aromatic heterocycles. The smallest absolute Gasteiger partial charge is 0.257 e. The zero-order valence-electron chi connectivity index (χ0n) is 14.5. The van der Waals surface area contributed by atoms with Crippen LogP contribution in [0.3, 0.4) is 0 Å². The van der Waals surface area contributed by atoms with Gasteiger partial charge in [0.05, 0.1) is 12.2 Å². The summed E-state index contributed by atoms with van der Waals surface area (Å²) in [5.41, 5.74) is 3.43. The number of carbonyl (C=O) groups is 1. The first-order chi connectivity index (χ1) is 13.3. The Bertz CT molecular complexity index is 1060. The summed E-state index contributed by atoms with van der Waals surface area (Å²) < 4.78 is 2.00. The van der Waals surface area contributed by atoms with E-state index in [1.807, 2.05) is 82.5 Å². The highest BCUT2D eigenvalue weighted by molar-refractivity contribution is 6.19. The van der Waals surface area contributed by atoms with E-state index in [2.05, 4.69) is 15.3 Å². The fourth-order valence-electron chi connectivity index (χ4n) is 3.38. The molecule has 5 rings (SSSR count). The minimum absolute atomic E-state index is 0.182. The lowest BCUT2D eigenvalue weighted by Crippen LogP contribution is -2.47. The number of fused-ring (bicyclic) bond motifs is 3. The molecule has 132 valence electrons. The number of nitrogens with zero attached hydrogens (tertiary/aromatic N) is 4. The van der Waals surface area contributed by atoms with Crippen molar-refractivity contribution in [2.45, 2.75) is 0 Å². The van der Waals surface area contributed by atoms with Gasteiger partial charge in [0.25, 0.3) is 5.91 Å². The number of amides is 1. The minimum atomic E-state index is -0.182. The number of nitrogens with one attached hydrogen (secondary N) is 1. The molecule has 0 fully saturated rings.